The fourth-order valence-electron chi connectivity index (χ4n) is 2.75. The van der Waals surface area contributed by atoms with E-state index in [-0.39, 0.29) is 5.97 Å². The Morgan fingerprint density at radius 3 is 2.30 bits per heavy atom. The smallest absolute Gasteiger partial charge is 0.353 e. The van der Waals surface area contributed by atoms with Gasteiger partial charge in [0.2, 0.25) is 0 Å². The van der Waals surface area contributed by atoms with E-state index in [2.05, 4.69) is 19.9 Å². The first-order valence-corrected chi connectivity index (χ1v) is 11.3. The molecule has 2 aromatic heterocycles. The van der Waals surface area contributed by atoms with E-state index < -0.39 is 0 Å². The summed E-state index contributed by atoms with van der Waals surface area (Å²) < 4.78 is 13.5. The summed E-state index contributed by atoms with van der Waals surface area (Å²) >= 11 is 3.30. The molecule has 0 atom stereocenters. The van der Waals surface area contributed by atoms with Crippen LogP contribution in [0.2, 0.25) is 0 Å². The molecule has 27 heavy (non-hydrogen) atoms. The van der Waals surface area contributed by atoms with Gasteiger partial charge < -0.3 is 9.47 Å². The van der Waals surface area contributed by atoms with Crippen LogP contribution in [0.25, 0.3) is 9.40 Å². The summed E-state index contributed by atoms with van der Waals surface area (Å²) in [5, 5.41) is 0. The predicted molar refractivity (Wildman–Crippen MR) is 115 cm³/mol. The van der Waals surface area contributed by atoms with Crippen molar-refractivity contribution in [2.75, 3.05) is 6.61 Å². The lowest BCUT2D eigenvalue weighted by Gasteiger charge is -2.06. The quantitative estimate of drug-likeness (QED) is 0.206. The fourth-order valence-corrected chi connectivity index (χ4v) is 5.09. The van der Waals surface area contributed by atoms with Crippen LogP contribution < -0.4 is 9.47 Å². The van der Waals surface area contributed by atoms with Crippen LogP contribution in [0.3, 0.4) is 0 Å². The number of carbonyl (C=O) groups excluding carboxylic acids is 1. The molecule has 0 aliphatic carbocycles. The van der Waals surface area contributed by atoms with Crippen molar-refractivity contribution in [3.05, 3.63) is 46.2 Å². The number of benzene rings is 1. The maximum atomic E-state index is 12.4. The Labute approximate surface area is 168 Å². The van der Waals surface area contributed by atoms with E-state index in [1.54, 1.807) is 23.5 Å². The van der Waals surface area contributed by atoms with Crippen LogP contribution in [0.15, 0.2) is 36.4 Å². The van der Waals surface area contributed by atoms with Crippen molar-refractivity contribution in [2.24, 2.45) is 0 Å². The molecule has 0 aliphatic rings. The van der Waals surface area contributed by atoms with Crippen LogP contribution in [0.5, 0.6) is 11.5 Å². The van der Waals surface area contributed by atoms with Crippen molar-refractivity contribution in [2.45, 2.75) is 52.4 Å². The van der Waals surface area contributed by atoms with E-state index in [9.17, 15) is 4.79 Å². The number of aryl methyl sites for hydroxylation is 1. The number of carbonyl (C=O) groups is 1. The van der Waals surface area contributed by atoms with Crippen LogP contribution in [-0.2, 0) is 6.42 Å². The van der Waals surface area contributed by atoms with Gasteiger partial charge in [0.05, 0.1) is 6.61 Å². The Bertz CT molecular complexity index is 830. The first kappa shape index (κ1) is 19.9. The van der Waals surface area contributed by atoms with Gasteiger partial charge in [0.15, 0.2) is 0 Å². The number of hydrogen-bond acceptors (Lipinski definition) is 5. The summed E-state index contributed by atoms with van der Waals surface area (Å²) in [4.78, 5) is 14.5. The number of fused-ring (bicyclic) bond motifs is 1. The van der Waals surface area contributed by atoms with E-state index in [1.807, 2.05) is 18.2 Å². The van der Waals surface area contributed by atoms with Gasteiger partial charge in [-0.15, -0.1) is 22.7 Å². The minimum Gasteiger partial charge on any atom is -0.494 e. The average molecular weight is 403 g/mol. The number of rotatable bonds is 10. The van der Waals surface area contributed by atoms with Crippen molar-refractivity contribution >= 4 is 38.0 Å². The van der Waals surface area contributed by atoms with Crippen molar-refractivity contribution in [1.29, 1.82) is 0 Å². The van der Waals surface area contributed by atoms with E-state index in [0.29, 0.717) is 17.2 Å². The highest BCUT2D eigenvalue weighted by molar-refractivity contribution is 7.28. The van der Waals surface area contributed by atoms with Crippen LogP contribution in [0, 0.1) is 0 Å². The van der Waals surface area contributed by atoms with Gasteiger partial charge in [0.25, 0.3) is 0 Å². The Hall–Kier alpha value is -1.85. The molecule has 0 fully saturated rings. The van der Waals surface area contributed by atoms with Gasteiger partial charge in [-0.25, -0.2) is 4.79 Å². The first-order chi connectivity index (χ1) is 13.2. The molecular formula is C22H26O3S2. The maximum absolute atomic E-state index is 12.4. The van der Waals surface area contributed by atoms with Crippen molar-refractivity contribution < 1.29 is 14.3 Å². The number of unbranched alkanes of at least 4 members (excludes halogenated alkanes) is 3. The monoisotopic (exact) mass is 402 g/mol. The summed E-state index contributed by atoms with van der Waals surface area (Å²) in [6.07, 6.45) is 7.01. The minimum absolute atomic E-state index is 0.296. The van der Waals surface area contributed by atoms with E-state index in [1.165, 1.54) is 44.9 Å². The highest BCUT2D eigenvalue weighted by Crippen LogP contribution is 2.34. The SMILES string of the molecule is CCCCCc1cc2sc(C(=O)Oc3ccc(OCCCC)cc3)cc2s1. The van der Waals surface area contributed by atoms with E-state index in [0.717, 1.165) is 25.0 Å². The molecular weight excluding hydrogens is 376 g/mol. The summed E-state index contributed by atoms with van der Waals surface area (Å²) in [6.45, 7) is 5.06. The molecule has 3 aromatic rings. The molecule has 0 radical (unpaired) electrons. The number of hydrogen-bond donors (Lipinski definition) is 0. The molecule has 144 valence electrons. The first-order valence-electron chi connectivity index (χ1n) is 9.67. The number of thiophene rings is 2. The highest BCUT2D eigenvalue weighted by atomic mass is 32.1. The molecule has 0 amide bonds. The molecule has 0 saturated carbocycles. The van der Waals surface area contributed by atoms with Crippen molar-refractivity contribution in [3.8, 4) is 11.5 Å². The van der Waals surface area contributed by atoms with Gasteiger partial charge in [-0.1, -0.05) is 33.1 Å². The third-order valence-electron chi connectivity index (χ3n) is 4.29. The van der Waals surface area contributed by atoms with Crippen molar-refractivity contribution in [1.82, 2.24) is 0 Å². The van der Waals surface area contributed by atoms with Gasteiger partial charge in [-0.3, -0.25) is 0 Å². The lowest BCUT2D eigenvalue weighted by Crippen LogP contribution is -2.06. The largest absolute Gasteiger partial charge is 0.494 e. The summed E-state index contributed by atoms with van der Waals surface area (Å²) in [5.74, 6) is 1.05. The lowest BCUT2D eigenvalue weighted by molar-refractivity contribution is 0.0739. The molecule has 5 heteroatoms. The zero-order valence-corrected chi connectivity index (χ0v) is 17.6. The third kappa shape index (κ3) is 5.56. The van der Waals surface area contributed by atoms with Crippen LogP contribution in [-0.4, -0.2) is 12.6 Å². The van der Waals surface area contributed by atoms with Crippen LogP contribution >= 0.6 is 22.7 Å². The van der Waals surface area contributed by atoms with Gasteiger partial charge in [-0.05, 0) is 55.7 Å². The molecule has 3 rings (SSSR count). The van der Waals surface area contributed by atoms with E-state index >= 15 is 0 Å². The molecule has 0 unspecified atom stereocenters. The molecule has 0 saturated heterocycles. The Balaban J connectivity index is 1.58. The normalized spacial score (nSPS) is 11.0. The van der Waals surface area contributed by atoms with Gasteiger partial charge in [0.1, 0.15) is 16.4 Å². The molecule has 0 spiro atoms. The molecule has 3 nitrogen and oxygen atoms in total. The standard InChI is InChI=1S/C22H26O3S2/c1-3-5-7-8-18-14-19-20(26-18)15-21(27-19)22(23)25-17-11-9-16(10-12-17)24-13-6-4-2/h9-12,14-15H,3-8,13H2,1-2H3. The topological polar surface area (TPSA) is 35.5 Å². The second-order valence-electron chi connectivity index (χ2n) is 6.57. The molecule has 0 aliphatic heterocycles. The zero-order chi connectivity index (χ0) is 19.1. The Morgan fingerprint density at radius 1 is 0.889 bits per heavy atom. The van der Waals surface area contributed by atoms with Gasteiger partial charge in [0, 0.05) is 14.3 Å². The predicted octanol–water partition coefficient (Wildman–Crippen LogP) is 7.09. The van der Waals surface area contributed by atoms with Crippen LogP contribution in [0.4, 0.5) is 0 Å². The van der Waals surface area contributed by atoms with Gasteiger partial charge >= 0.3 is 5.97 Å². The lowest BCUT2D eigenvalue weighted by atomic mass is 10.2. The number of esters is 1. The Morgan fingerprint density at radius 2 is 1.59 bits per heavy atom. The molecule has 0 N–H and O–H groups in total. The fraction of sp³-hybridized carbons (Fsp3) is 0.409. The molecule has 1 aromatic carbocycles. The average Bonchev–Trinajstić information content (AvgIpc) is 3.22. The Kier molecular flexibility index (Phi) is 7.30. The van der Waals surface area contributed by atoms with Gasteiger partial charge in [-0.2, -0.15) is 0 Å². The summed E-state index contributed by atoms with van der Waals surface area (Å²) in [7, 11) is 0. The van der Waals surface area contributed by atoms with Crippen LogP contribution in [0.1, 0.15) is 60.5 Å². The van der Waals surface area contributed by atoms with E-state index in [4.69, 9.17) is 9.47 Å². The van der Waals surface area contributed by atoms with Crippen molar-refractivity contribution in [3.63, 3.8) is 0 Å². The molecule has 0 bridgehead atoms. The molecule has 2 heterocycles. The second-order valence-corrected chi connectivity index (χ2v) is 8.82. The second kappa shape index (κ2) is 9.90. The third-order valence-corrected chi connectivity index (χ3v) is 6.62. The zero-order valence-electron chi connectivity index (χ0n) is 16.0. The summed E-state index contributed by atoms with van der Waals surface area (Å²) in [5.41, 5.74) is 0. The maximum Gasteiger partial charge on any atom is 0.353 e. The minimum atomic E-state index is -0.296. The number of ether oxygens (including phenoxy) is 2. The summed E-state index contributed by atoms with van der Waals surface area (Å²) in [6, 6.07) is 11.4. The highest BCUT2D eigenvalue weighted by Gasteiger charge is 2.15.